The third kappa shape index (κ3) is 2.87. The van der Waals surface area contributed by atoms with Crippen molar-refractivity contribution >= 4 is 11.8 Å². The molecule has 0 radical (unpaired) electrons. The second-order valence-corrected chi connectivity index (χ2v) is 5.78. The van der Waals surface area contributed by atoms with Gasteiger partial charge in [-0.3, -0.25) is 0 Å². The minimum absolute atomic E-state index is 0.494. The van der Waals surface area contributed by atoms with Crippen molar-refractivity contribution in [2.75, 3.05) is 0 Å². The number of aliphatic hydroxyl groups is 3. The molecule has 0 bridgehead atoms. The minimum atomic E-state index is -1.17. The van der Waals surface area contributed by atoms with Crippen molar-refractivity contribution in [3.8, 4) is 0 Å². The van der Waals surface area contributed by atoms with Gasteiger partial charge in [-0.2, -0.15) is 0 Å². The third-order valence-electron chi connectivity index (χ3n) is 3.08. The van der Waals surface area contributed by atoms with Gasteiger partial charge in [0, 0.05) is 4.90 Å². The Morgan fingerprint density at radius 1 is 1.00 bits per heavy atom. The first-order valence-electron chi connectivity index (χ1n) is 5.92. The van der Waals surface area contributed by atoms with Crippen LogP contribution in [-0.4, -0.2) is 45.2 Å². The highest BCUT2D eigenvalue weighted by Crippen LogP contribution is 2.33. The summed E-state index contributed by atoms with van der Waals surface area (Å²) in [7, 11) is 0. The first-order chi connectivity index (χ1) is 8.49. The predicted octanol–water partition coefficient (Wildman–Crippen LogP) is 0.915. The molecule has 0 amide bonds. The Hall–Kier alpha value is -0.590. The van der Waals surface area contributed by atoms with Crippen LogP contribution in [-0.2, 0) is 4.74 Å². The van der Waals surface area contributed by atoms with Crippen molar-refractivity contribution in [3.05, 3.63) is 29.8 Å². The van der Waals surface area contributed by atoms with E-state index in [9.17, 15) is 15.3 Å². The van der Waals surface area contributed by atoms with Crippen LogP contribution in [0, 0.1) is 6.92 Å². The largest absolute Gasteiger partial charge is 0.388 e. The summed E-state index contributed by atoms with van der Waals surface area (Å²) in [5.74, 6) is 0. The van der Waals surface area contributed by atoms with E-state index in [-0.39, 0.29) is 0 Å². The summed E-state index contributed by atoms with van der Waals surface area (Å²) in [6, 6.07) is 7.84. The van der Waals surface area contributed by atoms with Gasteiger partial charge in [0.15, 0.2) is 0 Å². The summed E-state index contributed by atoms with van der Waals surface area (Å²) >= 11 is 1.35. The Labute approximate surface area is 111 Å². The molecular weight excluding hydrogens is 252 g/mol. The molecule has 5 heteroatoms. The molecule has 5 atom stereocenters. The fraction of sp³-hybridized carbons (Fsp3) is 0.538. The standard InChI is InChI=1S/C13H18O4S/c1-7-3-5-9(6-4-7)18-13-12(16)11(15)10(14)8(2)17-13/h3-6,8,10-16H,1-2H3/t8-,10-,11+,12+,13-/m0/s1. The third-order valence-corrected chi connectivity index (χ3v) is 4.25. The van der Waals surface area contributed by atoms with Gasteiger partial charge in [0.1, 0.15) is 23.7 Å². The Morgan fingerprint density at radius 2 is 1.61 bits per heavy atom. The van der Waals surface area contributed by atoms with E-state index in [0.717, 1.165) is 10.5 Å². The van der Waals surface area contributed by atoms with Crippen LogP contribution in [0.3, 0.4) is 0 Å². The minimum Gasteiger partial charge on any atom is -0.388 e. The van der Waals surface area contributed by atoms with Crippen LogP contribution in [0.5, 0.6) is 0 Å². The molecule has 1 heterocycles. The maximum Gasteiger partial charge on any atom is 0.136 e. The predicted molar refractivity (Wildman–Crippen MR) is 69.4 cm³/mol. The molecule has 0 saturated carbocycles. The normalized spacial score (nSPS) is 36.6. The summed E-state index contributed by atoms with van der Waals surface area (Å²) in [4.78, 5) is 0.959. The number of hydrogen-bond donors (Lipinski definition) is 3. The van der Waals surface area contributed by atoms with Gasteiger partial charge in [0.2, 0.25) is 0 Å². The lowest BCUT2D eigenvalue weighted by atomic mass is 10.0. The molecule has 0 aromatic heterocycles. The lowest BCUT2D eigenvalue weighted by molar-refractivity contribution is -0.192. The monoisotopic (exact) mass is 270 g/mol. The van der Waals surface area contributed by atoms with E-state index in [1.54, 1.807) is 6.92 Å². The first-order valence-corrected chi connectivity index (χ1v) is 6.80. The Morgan fingerprint density at radius 3 is 2.22 bits per heavy atom. The molecule has 1 aromatic carbocycles. The number of aliphatic hydroxyl groups excluding tert-OH is 3. The van der Waals surface area contributed by atoms with E-state index in [2.05, 4.69) is 0 Å². The van der Waals surface area contributed by atoms with Crippen LogP contribution in [0.25, 0.3) is 0 Å². The van der Waals surface area contributed by atoms with Crippen molar-refractivity contribution in [1.29, 1.82) is 0 Å². The molecule has 1 fully saturated rings. The van der Waals surface area contributed by atoms with E-state index in [0.29, 0.717) is 0 Å². The lowest BCUT2D eigenvalue weighted by Gasteiger charge is -2.38. The molecule has 100 valence electrons. The summed E-state index contributed by atoms with van der Waals surface area (Å²) in [5.41, 5.74) is 0.592. The zero-order valence-electron chi connectivity index (χ0n) is 10.4. The maximum atomic E-state index is 9.89. The second-order valence-electron chi connectivity index (χ2n) is 4.61. The molecule has 4 nitrogen and oxygen atoms in total. The summed E-state index contributed by atoms with van der Waals surface area (Å²) in [6.45, 7) is 3.69. The van der Waals surface area contributed by atoms with Crippen molar-refractivity contribution < 1.29 is 20.1 Å². The summed E-state index contributed by atoms with van der Waals surface area (Å²) < 4.78 is 5.52. The fourth-order valence-electron chi connectivity index (χ4n) is 1.86. The molecule has 18 heavy (non-hydrogen) atoms. The Balaban J connectivity index is 2.06. The molecule has 2 rings (SSSR count). The average molecular weight is 270 g/mol. The Bertz CT molecular complexity index is 394. The summed E-state index contributed by atoms with van der Waals surface area (Å²) in [6.07, 6.45) is -3.81. The van der Waals surface area contributed by atoms with E-state index < -0.39 is 29.9 Å². The molecule has 0 unspecified atom stereocenters. The molecule has 1 aliphatic heterocycles. The zero-order valence-corrected chi connectivity index (χ0v) is 11.2. The van der Waals surface area contributed by atoms with Crippen molar-refractivity contribution in [3.63, 3.8) is 0 Å². The molecule has 1 aliphatic rings. The van der Waals surface area contributed by atoms with Crippen molar-refractivity contribution in [1.82, 2.24) is 0 Å². The molecular formula is C13H18O4S. The number of rotatable bonds is 2. The number of thioether (sulfide) groups is 1. The number of benzene rings is 1. The van der Waals surface area contributed by atoms with Gasteiger partial charge in [0.05, 0.1) is 6.10 Å². The average Bonchev–Trinajstić information content (AvgIpc) is 2.36. The Kier molecular flexibility index (Phi) is 4.29. The van der Waals surface area contributed by atoms with Crippen LogP contribution < -0.4 is 0 Å². The summed E-state index contributed by atoms with van der Waals surface area (Å²) in [5, 5.41) is 29.2. The molecule has 1 saturated heterocycles. The SMILES string of the molecule is Cc1ccc(S[C@@H]2O[C@@H](C)[C@H](O)[C@@H](O)[C@H]2O)cc1. The topological polar surface area (TPSA) is 69.9 Å². The first kappa shape index (κ1) is 13.8. The molecule has 0 aliphatic carbocycles. The van der Waals surface area contributed by atoms with E-state index in [4.69, 9.17) is 4.74 Å². The highest BCUT2D eigenvalue weighted by atomic mass is 32.2. The van der Waals surface area contributed by atoms with E-state index in [1.807, 2.05) is 31.2 Å². The van der Waals surface area contributed by atoms with Crippen LogP contribution in [0.15, 0.2) is 29.2 Å². The van der Waals surface area contributed by atoms with Crippen LogP contribution >= 0.6 is 11.8 Å². The quantitative estimate of drug-likeness (QED) is 0.745. The van der Waals surface area contributed by atoms with Crippen LogP contribution in [0.2, 0.25) is 0 Å². The highest BCUT2D eigenvalue weighted by molar-refractivity contribution is 7.99. The van der Waals surface area contributed by atoms with Gasteiger partial charge in [-0.05, 0) is 26.0 Å². The van der Waals surface area contributed by atoms with Crippen molar-refractivity contribution in [2.45, 2.75) is 48.6 Å². The number of ether oxygens (including phenoxy) is 1. The highest BCUT2D eigenvalue weighted by Gasteiger charge is 2.42. The fourth-order valence-corrected chi connectivity index (χ4v) is 2.95. The van der Waals surface area contributed by atoms with Gasteiger partial charge in [-0.1, -0.05) is 29.5 Å². The second kappa shape index (κ2) is 5.59. The van der Waals surface area contributed by atoms with Crippen molar-refractivity contribution in [2.24, 2.45) is 0 Å². The van der Waals surface area contributed by atoms with Crippen LogP contribution in [0.1, 0.15) is 12.5 Å². The lowest BCUT2D eigenvalue weighted by Crippen LogP contribution is -2.55. The van der Waals surface area contributed by atoms with E-state index >= 15 is 0 Å². The van der Waals surface area contributed by atoms with Crippen LogP contribution in [0.4, 0.5) is 0 Å². The zero-order chi connectivity index (χ0) is 13.3. The van der Waals surface area contributed by atoms with Gasteiger partial charge in [-0.25, -0.2) is 0 Å². The van der Waals surface area contributed by atoms with Gasteiger partial charge in [0.25, 0.3) is 0 Å². The number of aryl methyl sites for hydroxylation is 1. The number of hydrogen-bond acceptors (Lipinski definition) is 5. The maximum absolute atomic E-state index is 9.89. The smallest absolute Gasteiger partial charge is 0.136 e. The van der Waals surface area contributed by atoms with E-state index in [1.165, 1.54) is 11.8 Å². The molecule has 1 aromatic rings. The molecule has 3 N–H and O–H groups in total. The van der Waals surface area contributed by atoms with Gasteiger partial charge < -0.3 is 20.1 Å². The molecule has 0 spiro atoms. The van der Waals surface area contributed by atoms with Gasteiger partial charge in [-0.15, -0.1) is 0 Å². The van der Waals surface area contributed by atoms with Gasteiger partial charge >= 0.3 is 0 Å².